The van der Waals surface area contributed by atoms with Crippen molar-refractivity contribution >= 4 is 15.9 Å². The van der Waals surface area contributed by atoms with Crippen LogP contribution in [0.4, 0.5) is 0 Å². The van der Waals surface area contributed by atoms with E-state index in [-0.39, 0.29) is 5.91 Å². The van der Waals surface area contributed by atoms with Crippen LogP contribution in [0.5, 0.6) is 0 Å². The van der Waals surface area contributed by atoms with Gasteiger partial charge in [0.15, 0.2) is 0 Å². The normalized spacial score (nSPS) is 26.5. The number of benzene rings is 1. The van der Waals surface area contributed by atoms with Crippen molar-refractivity contribution in [2.75, 3.05) is 25.9 Å². The van der Waals surface area contributed by atoms with Gasteiger partial charge < -0.3 is 4.90 Å². The Labute approximate surface area is 132 Å². The van der Waals surface area contributed by atoms with Crippen LogP contribution >= 0.6 is 0 Å². The van der Waals surface area contributed by atoms with Crippen LogP contribution in [0, 0.1) is 0 Å². The summed E-state index contributed by atoms with van der Waals surface area (Å²) in [5.74, 6) is -0.00324. The summed E-state index contributed by atoms with van der Waals surface area (Å²) in [7, 11) is -3.24. The predicted octanol–water partition coefficient (Wildman–Crippen LogP) is 1.72. The second kappa shape index (κ2) is 5.66. The lowest BCUT2D eigenvalue weighted by Gasteiger charge is -2.42. The predicted molar refractivity (Wildman–Crippen MR) is 85.1 cm³/mol. The van der Waals surface area contributed by atoms with Crippen LogP contribution in [0.1, 0.15) is 36.0 Å². The Kier molecular flexibility index (Phi) is 3.99. The lowest BCUT2D eigenvalue weighted by molar-refractivity contribution is 0.0741. The molecule has 1 aromatic rings. The van der Waals surface area contributed by atoms with Crippen molar-refractivity contribution in [1.29, 1.82) is 0 Å². The quantitative estimate of drug-likeness (QED) is 0.833. The van der Waals surface area contributed by atoms with Crippen molar-refractivity contribution in [1.82, 2.24) is 9.21 Å². The van der Waals surface area contributed by atoms with E-state index >= 15 is 0 Å². The Hall–Kier alpha value is -1.40. The van der Waals surface area contributed by atoms with Crippen molar-refractivity contribution < 1.29 is 13.2 Å². The molecule has 5 nitrogen and oxygen atoms in total. The van der Waals surface area contributed by atoms with Gasteiger partial charge in [0.05, 0.1) is 11.8 Å². The Balaban J connectivity index is 1.82. The molecule has 0 bridgehead atoms. The maximum Gasteiger partial charge on any atom is 0.253 e. The van der Waals surface area contributed by atoms with E-state index in [1.807, 2.05) is 30.3 Å². The molecule has 120 valence electrons. The molecule has 0 aliphatic carbocycles. The first kappa shape index (κ1) is 15.5. The zero-order chi connectivity index (χ0) is 15.8. The number of amides is 1. The summed E-state index contributed by atoms with van der Waals surface area (Å²) in [6, 6.07) is 9.20. The highest BCUT2D eigenvalue weighted by molar-refractivity contribution is 7.88. The third-order valence-electron chi connectivity index (χ3n) is 4.82. The average molecular weight is 322 g/mol. The van der Waals surface area contributed by atoms with Crippen LogP contribution in [0.3, 0.4) is 0 Å². The third-order valence-corrected chi connectivity index (χ3v) is 6.19. The molecule has 3 rings (SSSR count). The van der Waals surface area contributed by atoms with Gasteiger partial charge in [-0.15, -0.1) is 0 Å². The summed E-state index contributed by atoms with van der Waals surface area (Å²) in [5.41, 5.74) is 0.275. The third kappa shape index (κ3) is 2.77. The van der Waals surface area contributed by atoms with Gasteiger partial charge >= 0.3 is 0 Å². The fourth-order valence-corrected chi connectivity index (χ4v) is 5.19. The first-order valence-electron chi connectivity index (χ1n) is 7.75. The summed E-state index contributed by atoms with van der Waals surface area (Å²) in [6.07, 6.45) is 4.79. The first-order chi connectivity index (χ1) is 10.4. The SMILES string of the molecule is CS(=O)(=O)N1CCCCC12CCN(C(=O)c1ccccc1)C2. The molecule has 6 heteroatoms. The highest BCUT2D eigenvalue weighted by Gasteiger charge is 2.49. The number of nitrogens with zero attached hydrogens (tertiary/aromatic N) is 2. The molecule has 0 saturated carbocycles. The van der Waals surface area contributed by atoms with Gasteiger partial charge in [-0.05, 0) is 31.4 Å². The van der Waals surface area contributed by atoms with Crippen LogP contribution < -0.4 is 0 Å². The van der Waals surface area contributed by atoms with Gasteiger partial charge in [-0.3, -0.25) is 4.79 Å². The Morgan fingerprint density at radius 1 is 1.09 bits per heavy atom. The van der Waals surface area contributed by atoms with Gasteiger partial charge in [-0.25, -0.2) is 8.42 Å². The van der Waals surface area contributed by atoms with E-state index in [0.717, 1.165) is 25.7 Å². The minimum Gasteiger partial charge on any atom is -0.337 e. The molecule has 2 aliphatic heterocycles. The molecule has 1 aromatic carbocycles. The average Bonchev–Trinajstić information content (AvgIpc) is 2.91. The molecule has 1 amide bonds. The number of carbonyl (C=O) groups is 1. The smallest absolute Gasteiger partial charge is 0.253 e. The molecule has 2 fully saturated rings. The lowest BCUT2D eigenvalue weighted by atomic mass is 9.88. The van der Waals surface area contributed by atoms with Crippen LogP contribution in [0.25, 0.3) is 0 Å². The topological polar surface area (TPSA) is 57.7 Å². The maximum atomic E-state index is 12.6. The number of hydrogen-bond donors (Lipinski definition) is 0. The molecule has 0 aromatic heterocycles. The Morgan fingerprint density at radius 2 is 1.82 bits per heavy atom. The lowest BCUT2D eigenvalue weighted by Crippen LogP contribution is -2.55. The van der Waals surface area contributed by atoms with Gasteiger partial charge in [-0.1, -0.05) is 24.6 Å². The van der Waals surface area contributed by atoms with Crippen LogP contribution in [0.15, 0.2) is 30.3 Å². The van der Waals surface area contributed by atoms with Gasteiger partial charge in [0, 0.05) is 25.2 Å². The number of rotatable bonds is 2. The van der Waals surface area contributed by atoms with E-state index in [9.17, 15) is 13.2 Å². The molecule has 2 heterocycles. The molecule has 2 saturated heterocycles. The van der Waals surface area contributed by atoms with E-state index in [1.165, 1.54) is 6.26 Å². The van der Waals surface area contributed by atoms with E-state index in [2.05, 4.69) is 0 Å². The molecule has 1 atom stereocenters. The first-order valence-corrected chi connectivity index (χ1v) is 9.59. The molecular formula is C16H22N2O3S. The van der Waals surface area contributed by atoms with Crippen molar-refractivity contribution in [2.45, 2.75) is 31.2 Å². The molecule has 0 radical (unpaired) electrons. The number of carbonyl (C=O) groups excluding carboxylic acids is 1. The summed E-state index contributed by atoms with van der Waals surface area (Å²) in [5, 5.41) is 0. The summed E-state index contributed by atoms with van der Waals surface area (Å²) in [4.78, 5) is 14.4. The molecular weight excluding hydrogens is 300 g/mol. The zero-order valence-electron chi connectivity index (χ0n) is 12.9. The van der Waals surface area contributed by atoms with Gasteiger partial charge in [0.1, 0.15) is 0 Å². The molecule has 2 aliphatic rings. The second-order valence-electron chi connectivity index (χ2n) is 6.36. The van der Waals surface area contributed by atoms with Crippen LogP contribution in [-0.4, -0.2) is 55.0 Å². The van der Waals surface area contributed by atoms with Crippen LogP contribution in [0.2, 0.25) is 0 Å². The highest BCUT2D eigenvalue weighted by atomic mass is 32.2. The summed E-state index contributed by atoms with van der Waals surface area (Å²) < 4.78 is 25.9. The van der Waals surface area contributed by atoms with Crippen molar-refractivity contribution in [2.24, 2.45) is 0 Å². The summed E-state index contributed by atoms with van der Waals surface area (Å²) >= 11 is 0. The van der Waals surface area contributed by atoms with E-state index in [4.69, 9.17) is 0 Å². The van der Waals surface area contributed by atoms with E-state index in [0.29, 0.717) is 25.2 Å². The molecule has 1 spiro atoms. The Morgan fingerprint density at radius 3 is 2.50 bits per heavy atom. The van der Waals surface area contributed by atoms with Crippen LogP contribution in [-0.2, 0) is 10.0 Å². The molecule has 22 heavy (non-hydrogen) atoms. The molecule has 1 unspecified atom stereocenters. The largest absolute Gasteiger partial charge is 0.337 e. The number of piperidine rings is 1. The van der Waals surface area contributed by atoms with Crippen molar-refractivity contribution in [3.8, 4) is 0 Å². The maximum absolute atomic E-state index is 12.6. The van der Waals surface area contributed by atoms with Gasteiger partial charge in [-0.2, -0.15) is 4.31 Å². The second-order valence-corrected chi connectivity index (χ2v) is 8.27. The number of hydrogen-bond acceptors (Lipinski definition) is 3. The minimum absolute atomic E-state index is 0.00324. The number of likely N-dealkylation sites (tertiary alicyclic amines) is 1. The fourth-order valence-electron chi connectivity index (χ4n) is 3.79. The molecule has 0 N–H and O–H groups in total. The number of sulfonamides is 1. The Bertz CT molecular complexity index is 659. The minimum atomic E-state index is -3.24. The van der Waals surface area contributed by atoms with Crippen molar-refractivity contribution in [3.63, 3.8) is 0 Å². The monoisotopic (exact) mass is 322 g/mol. The van der Waals surface area contributed by atoms with Gasteiger partial charge in [0.2, 0.25) is 10.0 Å². The highest BCUT2D eigenvalue weighted by Crippen LogP contribution is 2.38. The standard InChI is InChI=1S/C16H22N2O3S/c1-22(20,21)18-11-6-5-9-16(18)10-12-17(13-16)15(19)14-7-3-2-4-8-14/h2-4,7-8H,5-6,9-13H2,1H3. The van der Waals surface area contributed by atoms with Crippen molar-refractivity contribution in [3.05, 3.63) is 35.9 Å². The zero-order valence-corrected chi connectivity index (χ0v) is 13.7. The van der Waals surface area contributed by atoms with E-state index < -0.39 is 15.6 Å². The fraction of sp³-hybridized carbons (Fsp3) is 0.562. The van der Waals surface area contributed by atoms with E-state index in [1.54, 1.807) is 9.21 Å². The summed E-state index contributed by atoms with van der Waals surface area (Å²) in [6.45, 7) is 1.71. The van der Waals surface area contributed by atoms with Gasteiger partial charge in [0.25, 0.3) is 5.91 Å².